The summed E-state index contributed by atoms with van der Waals surface area (Å²) in [5.41, 5.74) is 1.28. The van der Waals surface area contributed by atoms with Crippen molar-refractivity contribution in [2.75, 3.05) is 5.88 Å². The molecule has 0 aliphatic carbocycles. The van der Waals surface area contributed by atoms with Crippen LogP contribution in [0.25, 0.3) is 0 Å². The maximum atomic E-state index is 10.9. The molecule has 0 aliphatic rings. The first-order valence-electron chi connectivity index (χ1n) is 4.44. The van der Waals surface area contributed by atoms with Crippen LogP contribution in [0.4, 0.5) is 0 Å². The van der Waals surface area contributed by atoms with Crippen LogP contribution in [0.3, 0.4) is 0 Å². The summed E-state index contributed by atoms with van der Waals surface area (Å²) in [7, 11) is 0. The molecular weight excluding hydrogens is 184 g/mol. The number of alkyl halides is 1. The fourth-order valence-electron chi connectivity index (χ4n) is 1.20. The summed E-state index contributed by atoms with van der Waals surface area (Å²) in [5.74, 6) is 0.284. The van der Waals surface area contributed by atoms with Crippen LogP contribution in [0.5, 0.6) is 0 Å². The predicted molar refractivity (Wildman–Crippen MR) is 55.1 cm³/mol. The van der Waals surface area contributed by atoms with Gasteiger partial charge in [0, 0.05) is 6.42 Å². The Morgan fingerprint density at radius 1 is 1.23 bits per heavy atom. The number of benzene rings is 1. The molecule has 0 atom stereocenters. The average molecular weight is 197 g/mol. The lowest BCUT2D eigenvalue weighted by atomic mass is 10.1. The number of carbonyl (C=O) groups excluding carboxylic acids is 1. The first kappa shape index (κ1) is 10.3. The number of hydrogen-bond donors (Lipinski definition) is 0. The van der Waals surface area contributed by atoms with E-state index in [0.29, 0.717) is 6.42 Å². The molecule has 13 heavy (non-hydrogen) atoms. The maximum absolute atomic E-state index is 10.9. The SMILES string of the molecule is O=C(CCl)CCCc1ccccc1. The highest BCUT2D eigenvalue weighted by Gasteiger charge is 1.99. The molecule has 0 radical (unpaired) electrons. The largest absolute Gasteiger partial charge is 0.298 e. The molecular formula is C11H13ClO. The second kappa shape index (κ2) is 5.76. The third-order valence-corrected chi connectivity index (χ3v) is 2.21. The smallest absolute Gasteiger partial charge is 0.147 e. The second-order valence-electron chi connectivity index (χ2n) is 3.01. The fraction of sp³-hybridized carbons (Fsp3) is 0.364. The number of carbonyl (C=O) groups is 1. The minimum atomic E-state index is 0.137. The number of ketones is 1. The van der Waals surface area contributed by atoms with E-state index in [2.05, 4.69) is 12.1 Å². The van der Waals surface area contributed by atoms with Crippen molar-refractivity contribution in [3.8, 4) is 0 Å². The Hall–Kier alpha value is -0.820. The van der Waals surface area contributed by atoms with Crippen molar-refractivity contribution in [3.05, 3.63) is 35.9 Å². The molecule has 0 spiro atoms. The lowest BCUT2D eigenvalue weighted by Crippen LogP contribution is -1.99. The van der Waals surface area contributed by atoms with Gasteiger partial charge in [-0.25, -0.2) is 0 Å². The summed E-state index contributed by atoms with van der Waals surface area (Å²) in [5, 5.41) is 0. The summed E-state index contributed by atoms with van der Waals surface area (Å²) in [6.45, 7) is 0. The molecule has 0 aliphatic heterocycles. The zero-order chi connectivity index (χ0) is 9.52. The van der Waals surface area contributed by atoms with Crippen molar-refractivity contribution < 1.29 is 4.79 Å². The molecule has 1 aromatic carbocycles. The minimum Gasteiger partial charge on any atom is -0.298 e. The first-order chi connectivity index (χ1) is 6.33. The van der Waals surface area contributed by atoms with Crippen LogP contribution in [0.2, 0.25) is 0 Å². The third kappa shape index (κ3) is 4.09. The highest BCUT2D eigenvalue weighted by atomic mass is 35.5. The van der Waals surface area contributed by atoms with Gasteiger partial charge in [-0.15, -0.1) is 11.6 Å². The average Bonchev–Trinajstić information content (AvgIpc) is 2.19. The number of rotatable bonds is 5. The van der Waals surface area contributed by atoms with Crippen LogP contribution in [-0.4, -0.2) is 11.7 Å². The molecule has 0 saturated carbocycles. The summed E-state index contributed by atoms with van der Waals surface area (Å²) in [6.07, 6.45) is 2.46. The normalized spacial score (nSPS) is 9.92. The van der Waals surface area contributed by atoms with Gasteiger partial charge in [0.1, 0.15) is 5.78 Å². The van der Waals surface area contributed by atoms with Gasteiger partial charge in [0.15, 0.2) is 0 Å². The standard InChI is InChI=1S/C11H13ClO/c12-9-11(13)8-4-7-10-5-2-1-3-6-10/h1-3,5-6H,4,7-9H2. The van der Waals surface area contributed by atoms with Crippen LogP contribution in [0.1, 0.15) is 18.4 Å². The van der Waals surface area contributed by atoms with Crippen LogP contribution >= 0.6 is 11.6 Å². The molecule has 0 aromatic heterocycles. The van der Waals surface area contributed by atoms with Gasteiger partial charge < -0.3 is 0 Å². The lowest BCUT2D eigenvalue weighted by Gasteiger charge is -1.98. The van der Waals surface area contributed by atoms with Crippen LogP contribution in [0.15, 0.2) is 30.3 Å². The van der Waals surface area contributed by atoms with Crippen molar-refractivity contribution >= 4 is 17.4 Å². The van der Waals surface area contributed by atoms with Crippen molar-refractivity contribution in [2.45, 2.75) is 19.3 Å². The highest BCUT2D eigenvalue weighted by molar-refractivity contribution is 6.27. The van der Waals surface area contributed by atoms with Gasteiger partial charge in [0.25, 0.3) is 0 Å². The topological polar surface area (TPSA) is 17.1 Å². The van der Waals surface area contributed by atoms with Gasteiger partial charge >= 0.3 is 0 Å². The molecule has 70 valence electrons. The molecule has 0 saturated heterocycles. The van der Waals surface area contributed by atoms with E-state index in [4.69, 9.17) is 11.6 Å². The molecule has 0 N–H and O–H groups in total. The predicted octanol–water partition coefficient (Wildman–Crippen LogP) is 2.82. The number of aryl methyl sites for hydroxylation is 1. The minimum absolute atomic E-state index is 0.137. The molecule has 1 nitrogen and oxygen atoms in total. The Morgan fingerprint density at radius 3 is 2.54 bits per heavy atom. The molecule has 2 heteroatoms. The molecule has 0 bridgehead atoms. The van der Waals surface area contributed by atoms with E-state index in [0.717, 1.165) is 12.8 Å². The Morgan fingerprint density at radius 2 is 1.92 bits per heavy atom. The zero-order valence-electron chi connectivity index (χ0n) is 7.50. The van der Waals surface area contributed by atoms with Gasteiger partial charge in [0.05, 0.1) is 5.88 Å². The van der Waals surface area contributed by atoms with Gasteiger partial charge in [-0.05, 0) is 18.4 Å². The molecule has 0 heterocycles. The van der Waals surface area contributed by atoms with Crippen molar-refractivity contribution in [1.29, 1.82) is 0 Å². The Balaban J connectivity index is 2.24. The van der Waals surface area contributed by atoms with Gasteiger partial charge in [-0.2, -0.15) is 0 Å². The van der Waals surface area contributed by atoms with Crippen LogP contribution in [0, 0.1) is 0 Å². The summed E-state index contributed by atoms with van der Waals surface area (Å²) in [4.78, 5) is 10.9. The second-order valence-corrected chi connectivity index (χ2v) is 3.28. The van der Waals surface area contributed by atoms with Gasteiger partial charge in [0.2, 0.25) is 0 Å². The van der Waals surface area contributed by atoms with E-state index in [9.17, 15) is 4.79 Å². The van der Waals surface area contributed by atoms with Crippen molar-refractivity contribution in [2.24, 2.45) is 0 Å². The first-order valence-corrected chi connectivity index (χ1v) is 4.98. The maximum Gasteiger partial charge on any atom is 0.147 e. The summed E-state index contributed by atoms with van der Waals surface area (Å²) >= 11 is 5.38. The van der Waals surface area contributed by atoms with Gasteiger partial charge in [-0.3, -0.25) is 4.79 Å². The molecule has 0 fully saturated rings. The molecule has 0 amide bonds. The Kier molecular flexibility index (Phi) is 4.55. The van der Waals surface area contributed by atoms with Crippen molar-refractivity contribution in [1.82, 2.24) is 0 Å². The zero-order valence-corrected chi connectivity index (χ0v) is 8.26. The van der Waals surface area contributed by atoms with E-state index in [1.54, 1.807) is 0 Å². The summed E-state index contributed by atoms with van der Waals surface area (Å²) in [6, 6.07) is 10.2. The van der Waals surface area contributed by atoms with E-state index in [1.807, 2.05) is 18.2 Å². The van der Waals surface area contributed by atoms with Crippen LogP contribution < -0.4 is 0 Å². The van der Waals surface area contributed by atoms with E-state index in [-0.39, 0.29) is 11.7 Å². The van der Waals surface area contributed by atoms with Gasteiger partial charge in [-0.1, -0.05) is 30.3 Å². The number of Topliss-reactive ketones (excluding diaryl/α,β-unsaturated/α-hetero) is 1. The third-order valence-electron chi connectivity index (χ3n) is 1.91. The Bertz CT molecular complexity index is 256. The van der Waals surface area contributed by atoms with Crippen LogP contribution in [-0.2, 0) is 11.2 Å². The quantitative estimate of drug-likeness (QED) is 0.662. The molecule has 0 unspecified atom stereocenters. The van der Waals surface area contributed by atoms with Crippen molar-refractivity contribution in [3.63, 3.8) is 0 Å². The Labute approximate surface area is 83.7 Å². The van der Waals surface area contributed by atoms with E-state index < -0.39 is 0 Å². The molecule has 1 rings (SSSR count). The van der Waals surface area contributed by atoms with E-state index in [1.165, 1.54) is 5.56 Å². The highest BCUT2D eigenvalue weighted by Crippen LogP contribution is 2.04. The number of hydrogen-bond acceptors (Lipinski definition) is 1. The monoisotopic (exact) mass is 196 g/mol. The lowest BCUT2D eigenvalue weighted by molar-refractivity contribution is -0.116. The molecule has 1 aromatic rings. The fourth-order valence-corrected chi connectivity index (χ4v) is 1.33. The van der Waals surface area contributed by atoms with E-state index >= 15 is 0 Å². The summed E-state index contributed by atoms with van der Waals surface area (Å²) < 4.78 is 0. The number of halogens is 1.